The van der Waals surface area contributed by atoms with Crippen LogP contribution >= 0.6 is 0 Å². The molecule has 19 heavy (non-hydrogen) atoms. The average molecular weight is 265 g/mol. The SMILES string of the molecule is CC(C)CNCc1cncc(N(C)CCN(C)C)n1. The predicted molar refractivity (Wildman–Crippen MR) is 80.4 cm³/mol. The number of hydrogen-bond donors (Lipinski definition) is 1. The largest absolute Gasteiger partial charge is 0.357 e. The van der Waals surface area contributed by atoms with Crippen LogP contribution in [0.15, 0.2) is 12.4 Å². The van der Waals surface area contributed by atoms with Crippen LogP contribution < -0.4 is 10.2 Å². The third-order valence-corrected chi connectivity index (χ3v) is 2.80. The van der Waals surface area contributed by atoms with Crippen LogP contribution in [0, 0.1) is 5.92 Å². The summed E-state index contributed by atoms with van der Waals surface area (Å²) < 4.78 is 0. The van der Waals surface area contributed by atoms with Gasteiger partial charge in [-0.15, -0.1) is 0 Å². The van der Waals surface area contributed by atoms with E-state index in [1.165, 1.54) is 0 Å². The molecular formula is C14H27N5. The first-order valence-electron chi connectivity index (χ1n) is 6.86. The fourth-order valence-corrected chi connectivity index (χ4v) is 1.62. The molecule has 0 aliphatic heterocycles. The summed E-state index contributed by atoms with van der Waals surface area (Å²) in [6, 6.07) is 0. The fourth-order valence-electron chi connectivity index (χ4n) is 1.62. The molecule has 0 fully saturated rings. The molecule has 1 aromatic heterocycles. The molecule has 1 N–H and O–H groups in total. The average Bonchev–Trinajstić information content (AvgIpc) is 2.36. The van der Waals surface area contributed by atoms with E-state index in [0.29, 0.717) is 5.92 Å². The Morgan fingerprint density at radius 1 is 1.16 bits per heavy atom. The van der Waals surface area contributed by atoms with Crippen molar-refractivity contribution in [1.29, 1.82) is 0 Å². The van der Waals surface area contributed by atoms with Gasteiger partial charge in [0, 0.05) is 32.9 Å². The highest BCUT2D eigenvalue weighted by molar-refractivity contribution is 5.34. The molecule has 1 heterocycles. The van der Waals surface area contributed by atoms with E-state index in [4.69, 9.17) is 0 Å². The molecule has 0 saturated carbocycles. The second-order valence-corrected chi connectivity index (χ2v) is 5.62. The van der Waals surface area contributed by atoms with E-state index >= 15 is 0 Å². The molecule has 108 valence electrons. The van der Waals surface area contributed by atoms with Crippen LogP contribution in [0.3, 0.4) is 0 Å². The van der Waals surface area contributed by atoms with Gasteiger partial charge in [0.2, 0.25) is 0 Å². The molecule has 1 aromatic rings. The smallest absolute Gasteiger partial charge is 0.147 e. The highest BCUT2D eigenvalue weighted by Crippen LogP contribution is 2.07. The van der Waals surface area contributed by atoms with Gasteiger partial charge >= 0.3 is 0 Å². The van der Waals surface area contributed by atoms with Gasteiger partial charge in [-0.2, -0.15) is 0 Å². The Balaban J connectivity index is 2.51. The van der Waals surface area contributed by atoms with Gasteiger partial charge in [-0.25, -0.2) is 4.98 Å². The number of nitrogens with one attached hydrogen (secondary N) is 1. The zero-order chi connectivity index (χ0) is 14.3. The first-order chi connectivity index (χ1) is 8.99. The predicted octanol–water partition coefficient (Wildman–Crippen LogP) is 1.22. The van der Waals surface area contributed by atoms with Gasteiger partial charge in [0.15, 0.2) is 0 Å². The summed E-state index contributed by atoms with van der Waals surface area (Å²) in [4.78, 5) is 13.2. The number of anilines is 1. The molecule has 0 amide bonds. The van der Waals surface area contributed by atoms with Gasteiger partial charge in [0.25, 0.3) is 0 Å². The van der Waals surface area contributed by atoms with Crippen LogP contribution in [0.5, 0.6) is 0 Å². The van der Waals surface area contributed by atoms with Gasteiger partial charge in [0.05, 0.1) is 11.9 Å². The van der Waals surface area contributed by atoms with Gasteiger partial charge < -0.3 is 15.1 Å². The Morgan fingerprint density at radius 2 is 1.89 bits per heavy atom. The van der Waals surface area contributed by atoms with E-state index < -0.39 is 0 Å². The lowest BCUT2D eigenvalue weighted by Gasteiger charge is -2.20. The topological polar surface area (TPSA) is 44.3 Å². The highest BCUT2D eigenvalue weighted by atomic mass is 15.2. The van der Waals surface area contributed by atoms with Crippen LogP contribution in [0.2, 0.25) is 0 Å². The van der Waals surface area contributed by atoms with Gasteiger partial charge in [-0.1, -0.05) is 13.8 Å². The van der Waals surface area contributed by atoms with E-state index in [9.17, 15) is 0 Å². The zero-order valence-corrected chi connectivity index (χ0v) is 12.8. The number of rotatable bonds is 8. The van der Waals surface area contributed by atoms with E-state index in [1.54, 1.807) is 0 Å². The van der Waals surface area contributed by atoms with Crippen molar-refractivity contribution in [2.75, 3.05) is 45.7 Å². The lowest BCUT2D eigenvalue weighted by atomic mass is 10.2. The summed E-state index contributed by atoms with van der Waals surface area (Å²) in [5.74, 6) is 1.59. The molecule has 0 unspecified atom stereocenters. The van der Waals surface area contributed by atoms with E-state index in [2.05, 4.69) is 60.1 Å². The summed E-state index contributed by atoms with van der Waals surface area (Å²) in [5, 5.41) is 3.39. The quantitative estimate of drug-likeness (QED) is 0.765. The molecule has 0 bridgehead atoms. The van der Waals surface area contributed by atoms with Crippen molar-refractivity contribution in [3.63, 3.8) is 0 Å². The van der Waals surface area contributed by atoms with E-state index in [0.717, 1.165) is 37.7 Å². The Morgan fingerprint density at radius 3 is 2.53 bits per heavy atom. The maximum Gasteiger partial charge on any atom is 0.147 e. The summed E-state index contributed by atoms with van der Waals surface area (Å²) in [6.07, 6.45) is 3.65. The molecule has 5 heteroatoms. The van der Waals surface area contributed by atoms with Crippen molar-refractivity contribution in [1.82, 2.24) is 20.2 Å². The van der Waals surface area contributed by atoms with Crippen LogP contribution in [0.25, 0.3) is 0 Å². The van der Waals surface area contributed by atoms with Crippen LogP contribution in [0.1, 0.15) is 19.5 Å². The Hall–Kier alpha value is -1.20. The maximum atomic E-state index is 4.63. The zero-order valence-electron chi connectivity index (χ0n) is 12.8. The highest BCUT2D eigenvalue weighted by Gasteiger charge is 2.05. The second-order valence-electron chi connectivity index (χ2n) is 5.62. The first kappa shape index (κ1) is 15.9. The Bertz CT molecular complexity index is 365. The lowest BCUT2D eigenvalue weighted by Crippen LogP contribution is -2.29. The van der Waals surface area contributed by atoms with Crippen LogP contribution in [0.4, 0.5) is 5.82 Å². The molecule has 5 nitrogen and oxygen atoms in total. The van der Waals surface area contributed by atoms with Crippen molar-refractivity contribution < 1.29 is 0 Å². The van der Waals surface area contributed by atoms with E-state index in [-0.39, 0.29) is 0 Å². The number of hydrogen-bond acceptors (Lipinski definition) is 5. The molecular weight excluding hydrogens is 238 g/mol. The van der Waals surface area contributed by atoms with Crippen molar-refractivity contribution in [3.05, 3.63) is 18.1 Å². The molecule has 0 radical (unpaired) electrons. The van der Waals surface area contributed by atoms with E-state index in [1.807, 2.05) is 12.4 Å². The molecule has 1 rings (SSSR count). The third-order valence-electron chi connectivity index (χ3n) is 2.80. The molecule has 0 spiro atoms. The van der Waals surface area contributed by atoms with Crippen LogP contribution in [-0.2, 0) is 6.54 Å². The first-order valence-corrected chi connectivity index (χ1v) is 6.86. The summed E-state index contributed by atoms with van der Waals surface area (Å²) in [7, 11) is 6.20. The van der Waals surface area contributed by atoms with Gasteiger partial charge in [0.1, 0.15) is 5.82 Å². The van der Waals surface area contributed by atoms with Gasteiger partial charge in [-0.3, -0.25) is 4.98 Å². The third kappa shape index (κ3) is 6.50. The minimum atomic E-state index is 0.652. The van der Waals surface area contributed by atoms with Crippen LogP contribution in [-0.4, -0.2) is 55.6 Å². The number of likely N-dealkylation sites (N-methyl/N-ethyl adjacent to an activating group) is 2. The van der Waals surface area contributed by atoms with Gasteiger partial charge in [-0.05, 0) is 26.6 Å². The monoisotopic (exact) mass is 265 g/mol. The minimum Gasteiger partial charge on any atom is -0.357 e. The summed E-state index contributed by atoms with van der Waals surface area (Å²) >= 11 is 0. The molecule has 0 saturated heterocycles. The second kappa shape index (κ2) is 8.07. The standard InChI is InChI=1S/C14H27N5/c1-12(2)8-15-9-13-10-16-11-14(17-13)19(5)7-6-18(3)4/h10-12,15H,6-9H2,1-5H3. The minimum absolute atomic E-state index is 0.652. The number of aromatic nitrogens is 2. The number of nitrogens with zero attached hydrogens (tertiary/aromatic N) is 4. The summed E-state index contributed by atoms with van der Waals surface area (Å²) in [6.45, 7) is 8.13. The molecule has 0 aliphatic rings. The maximum absolute atomic E-state index is 4.63. The molecule has 0 aliphatic carbocycles. The van der Waals surface area contributed by atoms with Crippen molar-refractivity contribution >= 4 is 5.82 Å². The lowest BCUT2D eigenvalue weighted by molar-refractivity contribution is 0.416. The molecule has 0 atom stereocenters. The molecule has 0 aromatic carbocycles. The van der Waals surface area contributed by atoms with Crippen molar-refractivity contribution in [2.24, 2.45) is 5.92 Å². The van der Waals surface area contributed by atoms with Crippen molar-refractivity contribution in [3.8, 4) is 0 Å². The summed E-state index contributed by atoms with van der Waals surface area (Å²) in [5.41, 5.74) is 0.995. The Labute approximate surface area is 117 Å². The van der Waals surface area contributed by atoms with Crippen molar-refractivity contribution in [2.45, 2.75) is 20.4 Å². The normalized spacial score (nSPS) is 11.3. The fraction of sp³-hybridized carbons (Fsp3) is 0.714. The Kier molecular flexibility index (Phi) is 6.73.